The molecule has 1 N–H and O–H groups in total. The molecule has 0 aliphatic heterocycles. The van der Waals surface area contributed by atoms with Crippen LogP contribution in [0.15, 0.2) is 42.5 Å². The lowest BCUT2D eigenvalue weighted by Gasteiger charge is -2.43. The van der Waals surface area contributed by atoms with Crippen LogP contribution in [-0.4, -0.2) is 54.0 Å². The summed E-state index contributed by atoms with van der Waals surface area (Å²) in [6.07, 6.45) is -5.59. The highest BCUT2D eigenvalue weighted by molar-refractivity contribution is 6.34. The lowest BCUT2D eigenvalue weighted by atomic mass is 9.87. The minimum Gasteiger partial charge on any atom is -0.453 e. The summed E-state index contributed by atoms with van der Waals surface area (Å²) in [5, 5.41) is 4.73. The van der Waals surface area contributed by atoms with Gasteiger partial charge in [0.15, 0.2) is 0 Å². The zero-order valence-corrected chi connectivity index (χ0v) is 22.0. The second-order valence-electron chi connectivity index (χ2n) is 9.10. The highest BCUT2D eigenvalue weighted by Gasteiger charge is 2.37. The molecule has 0 saturated heterocycles. The summed E-state index contributed by atoms with van der Waals surface area (Å²) in [6.45, 7) is 9.20. The van der Waals surface area contributed by atoms with Gasteiger partial charge in [0, 0.05) is 17.8 Å². The van der Waals surface area contributed by atoms with Crippen molar-refractivity contribution in [3.63, 3.8) is 0 Å². The fourth-order valence-electron chi connectivity index (χ4n) is 3.26. The topological polar surface area (TPSA) is 88.2 Å². The van der Waals surface area contributed by atoms with Crippen LogP contribution in [0, 0.1) is 5.41 Å². The lowest BCUT2D eigenvalue weighted by molar-refractivity contribution is -0.274. The van der Waals surface area contributed by atoms with Crippen LogP contribution in [0.2, 0.25) is 5.02 Å². The van der Waals surface area contributed by atoms with Crippen molar-refractivity contribution in [3.05, 3.63) is 58.6 Å². The van der Waals surface area contributed by atoms with Crippen molar-refractivity contribution < 1.29 is 37.0 Å². The van der Waals surface area contributed by atoms with Crippen LogP contribution in [0.25, 0.3) is 0 Å². The van der Waals surface area contributed by atoms with E-state index < -0.39 is 41.5 Å². The number of benzene rings is 2. The summed E-state index contributed by atoms with van der Waals surface area (Å²) in [6, 6.07) is 8.50. The summed E-state index contributed by atoms with van der Waals surface area (Å²) in [5.74, 6) is -1.76. The molecule has 0 aromatic heterocycles. The Labute approximate surface area is 218 Å². The third-order valence-electron chi connectivity index (χ3n) is 5.59. The molecular formula is C25H29ClF3N3O5. The first-order valence-electron chi connectivity index (χ1n) is 11.2. The van der Waals surface area contributed by atoms with E-state index in [1.165, 1.54) is 41.4 Å². The standard InChI is InChI=1S/C25H29ClF3N3O5/c1-7-31(22(34)19-13-12-18(14-20(19)26)37-25(27,28)29)32(15(2)24(3,4)5)21(33)16-8-10-17(11-9-16)30-23(35)36-6/h8-15H,7H2,1-6H3,(H,30,35). The Balaban J connectivity index is 2.46. The minimum absolute atomic E-state index is 0.0596. The van der Waals surface area contributed by atoms with Gasteiger partial charge >= 0.3 is 12.5 Å². The SMILES string of the molecule is CCN(C(=O)c1ccc(OC(F)(F)F)cc1Cl)N(C(=O)c1ccc(NC(=O)OC)cc1)C(C)C(C)(C)C. The van der Waals surface area contributed by atoms with Crippen LogP contribution >= 0.6 is 11.6 Å². The first-order chi connectivity index (χ1) is 17.1. The van der Waals surface area contributed by atoms with E-state index in [-0.39, 0.29) is 22.7 Å². The van der Waals surface area contributed by atoms with Crippen LogP contribution in [0.5, 0.6) is 5.75 Å². The van der Waals surface area contributed by atoms with Gasteiger partial charge in [0.1, 0.15) is 5.75 Å². The van der Waals surface area contributed by atoms with E-state index in [0.717, 1.165) is 18.2 Å². The van der Waals surface area contributed by atoms with Crippen molar-refractivity contribution in [2.24, 2.45) is 5.41 Å². The van der Waals surface area contributed by atoms with Gasteiger partial charge in [-0.15, -0.1) is 13.2 Å². The predicted octanol–water partition coefficient (Wildman–Crippen LogP) is 6.37. The highest BCUT2D eigenvalue weighted by Crippen LogP contribution is 2.31. The smallest absolute Gasteiger partial charge is 0.453 e. The van der Waals surface area contributed by atoms with Gasteiger partial charge in [-0.2, -0.15) is 0 Å². The summed E-state index contributed by atoms with van der Waals surface area (Å²) in [4.78, 5) is 38.7. The number of carbonyl (C=O) groups is 3. The first kappa shape index (κ1) is 29.8. The molecule has 2 aromatic carbocycles. The normalized spacial score (nSPS) is 12.4. The number of nitrogens with zero attached hydrogens (tertiary/aromatic N) is 2. The zero-order valence-electron chi connectivity index (χ0n) is 21.3. The molecule has 1 atom stereocenters. The molecule has 202 valence electrons. The third-order valence-corrected chi connectivity index (χ3v) is 5.90. The average Bonchev–Trinajstić information content (AvgIpc) is 2.80. The fraction of sp³-hybridized carbons (Fsp3) is 0.400. The number of alkyl halides is 3. The molecule has 8 nitrogen and oxygen atoms in total. The lowest BCUT2D eigenvalue weighted by Crippen LogP contribution is -2.57. The molecule has 0 radical (unpaired) electrons. The Bertz CT molecular complexity index is 1130. The average molecular weight is 544 g/mol. The summed E-state index contributed by atoms with van der Waals surface area (Å²) >= 11 is 6.15. The van der Waals surface area contributed by atoms with Crippen molar-refractivity contribution in [1.29, 1.82) is 0 Å². The number of carbonyl (C=O) groups excluding carboxylic acids is 3. The minimum atomic E-state index is -4.92. The molecule has 37 heavy (non-hydrogen) atoms. The Morgan fingerprint density at radius 2 is 1.62 bits per heavy atom. The first-order valence-corrected chi connectivity index (χ1v) is 11.6. The maximum absolute atomic E-state index is 13.7. The predicted molar refractivity (Wildman–Crippen MR) is 132 cm³/mol. The van der Waals surface area contributed by atoms with Gasteiger partial charge in [-0.3, -0.25) is 14.9 Å². The van der Waals surface area contributed by atoms with E-state index in [4.69, 9.17) is 11.6 Å². The van der Waals surface area contributed by atoms with Crippen LogP contribution in [0.3, 0.4) is 0 Å². The third kappa shape index (κ3) is 7.75. The number of hydrogen-bond acceptors (Lipinski definition) is 5. The summed E-state index contributed by atoms with van der Waals surface area (Å²) in [5.41, 5.74) is 0.0618. The molecule has 2 aromatic rings. The van der Waals surface area contributed by atoms with Gasteiger partial charge < -0.3 is 9.47 Å². The number of ether oxygens (including phenoxy) is 2. The zero-order chi connectivity index (χ0) is 28.1. The van der Waals surface area contributed by atoms with Crippen LogP contribution in [0.1, 0.15) is 55.3 Å². The van der Waals surface area contributed by atoms with Gasteiger partial charge in [0.2, 0.25) is 0 Å². The number of amides is 3. The number of hydrazine groups is 1. The van der Waals surface area contributed by atoms with Crippen molar-refractivity contribution in [2.45, 2.75) is 47.0 Å². The number of anilines is 1. The van der Waals surface area contributed by atoms with Crippen molar-refractivity contribution >= 4 is 35.2 Å². The number of halogens is 4. The van der Waals surface area contributed by atoms with E-state index >= 15 is 0 Å². The molecule has 0 heterocycles. The molecule has 12 heteroatoms. The number of methoxy groups -OCH3 is 1. The molecule has 2 rings (SSSR count). The van der Waals surface area contributed by atoms with Crippen molar-refractivity contribution in [1.82, 2.24) is 10.0 Å². The number of hydrogen-bond donors (Lipinski definition) is 1. The molecular weight excluding hydrogens is 515 g/mol. The van der Waals surface area contributed by atoms with Crippen LogP contribution in [0.4, 0.5) is 23.7 Å². The number of nitrogens with one attached hydrogen (secondary N) is 1. The molecule has 0 bridgehead atoms. The second-order valence-corrected chi connectivity index (χ2v) is 9.50. The van der Waals surface area contributed by atoms with Crippen molar-refractivity contribution in [2.75, 3.05) is 19.0 Å². The molecule has 0 spiro atoms. The van der Waals surface area contributed by atoms with E-state index in [1.54, 1.807) is 13.8 Å². The molecule has 1 unspecified atom stereocenters. The highest BCUT2D eigenvalue weighted by atomic mass is 35.5. The summed E-state index contributed by atoms with van der Waals surface area (Å²) < 4.78 is 46.1. The molecule has 0 fully saturated rings. The van der Waals surface area contributed by atoms with E-state index in [0.29, 0.717) is 5.69 Å². The van der Waals surface area contributed by atoms with Gasteiger partial charge in [-0.1, -0.05) is 32.4 Å². The van der Waals surface area contributed by atoms with Gasteiger partial charge in [-0.25, -0.2) is 14.8 Å². The Hall–Kier alpha value is -3.47. The van der Waals surface area contributed by atoms with Gasteiger partial charge in [0.25, 0.3) is 11.8 Å². The maximum Gasteiger partial charge on any atom is 0.573 e. The molecule has 3 amide bonds. The number of rotatable bonds is 6. The molecule has 0 saturated carbocycles. The molecule has 0 aliphatic rings. The van der Waals surface area contributed by atoms with E-state index in [9.17, 15) is 27.6 Å². The van der Waals surface area contributed by atoms with Crippen molar-refractivity contribution in [3.8, 4) is 5.75 Å². The second kappa shape index (κ2) is 11.7. The Morgan fingerprint density at radius 3 is 2.08 bits per heavy atom. The van der Waals surface area contributed by atoms with Crippen LogP contribution in [-0.2, 0) is 4.74 Å². The monoisotopic (exact) mass is 543 g/mol. The fourth-order valence-corrected chi connectivity index (χ4v) is 3.51. The quantitative estimate of drug-likeness (QED) is 0.428. The molecule has 0 aliphatic carbocycles. The Kier molecular flexibility index (Phi) is 9.43. The van der Waals surface area contributed by atoms with Gasteiger partial charge in [0.05, 0.1) is 23.7 Å². The van der Waals surface area contributed by atoms with Gasteiger partial charge in [-0.05, 0) is 61.7 Å². The Morgan fingerprint density at radius 1 is 1.03 bits per heavy atom. The van der Waals surface area contributed by atoms with E-state index in [1.807, 2.05) is 20.8 Å². The largest absolute Gasteiger partial charge is 0.573 e. The van der Waals surface area contributed by atoms with E-state index in [2.05, 4.69) is 14.8 Å². The summed E-state index contributed by atoms with van der Waals surface area (Å²) in [7, 11) is 1.22. The van der Waals surface area contributed by atoms with Crippen LogP contribution < -0.4 is 10.1 Å². The maximum atomic E-state index is 13.7.